The summed E-state index contributed by atoms with van der Waals surface area (Å²) in [7, 11) is 0. The number of carbonyl (C=O) groups excluding carboxylic acids is 1. The molecule has 0 heterocycles. The minimum Gasteiger partial charge on any atom is -0.457 e. The number of amides is 1. The van der Waals surface area contributed by atoms with E-state index >= 15 is 0 Å². The number of rotatable bonds is 4. The van der Waals surface area contributed by atoms with Crippen LogP contribution in [0, 0.1) is 3.57 Å². The van der Waals surface area contributed by atoms with E-state index in [9.17, 15) is 4.79 Å². The fourth-order valence-electron chi connectivity index (χ4n) is 2.04. The lowest BCUT2D eigenvalue weighted by atomic mass is 10.2. The van der Waals surface area contributed by atoms with Crippen molar-refractivity contribution in [3.63, 3.8) is 0 Å². The first-order valence-electron chi connectivity index (χ1n) is 7.10. The van der Waals surface area contributed by atoms with Gasteiger partial charge in [-0.2, -0.15) is 0 Å². The summed E-state index contributed by atoms with van der Waals surface area (Å²) in [4.78, 5) is 12.2. The molecule has 0 saturated heterocycles. The van der Waals surface area contributed by atoms with Crippen molar-refractivity contribution in [3.05, 3.63) is 88.0 Å². The maximum Gasteiger partial charge on any atom is 0.255 e. The Morgan fingerprint density at radius 1 is 0.783 bits per heavy atom. The maximum absolute atomic E-state index is 12.2. The average molecular weight is 415 g/mol. The van der Waals surface area contributed by atoms with Gasteiger partial charge in [0.1, 0.15) is 11.5 Å². The van der Waals surface area contributed by atoms with Gasteiger partial charge in [-0.25, -0.2) is 0 Å². The predicted molar refractivity (Wildman–Crippen MR) is 100 cm³/mol. The van der Waals surface area contributed by atoms with Gasteiger partial charge < -0.3 is 10.1 Å². The van der Waals surface area contributed by atoms with E-state index in [1.807, 2.05) is 54.6 Å². The highest BCUT2D eigenvalue weighted by atomic mass is 127. The lowest BCUT2D eigenvalue weighted by molar-refractivity contribution is 0.102. The first-order valence-corrected chi connectivity index (χ1v) is 8.18. The Hall–Kier alpha value is -2.34. The molecule has 0 aromatic heterocycles. The Morgan fingerprint density at radius 3 is 2.04 bits per heavy atom. The van der Waals surface area contributed by atoms with Crippen LogP contribution in [0.4, 0.5) is 5.69 Å². The molecule has 0 atom stereocenters. The number of hydrogen-bond donors (Lipinski definition) is 1. The first kappa shape index (κ1) is 15.6. The molecule has 3 aromatic carbocycles. The third-order valence-electron chi connectivity index (χ3n) is 3.20. The molecule has 114 valence electrons. The van der Waals surface area contributed by atoms with Crippen LogP contribution in [0.15, 0.2) is 78.9 Å². The highest BCUT2D eigenvalue weighted by Crippen LogP contribution is 2.21. The van der Waals surface area contributed by atoms with Crippen molar-refractivity contribution in [2.45, 2.75) is 0 Å². The van der Waals surface area contributed by atoms with Crippen LogP contribution >= 0.6 is 22.6 Å². The summed E-state index contributed by atoms with van der Waals surface area (Å²) in [5, 5.41) is 2.87. The van der Waals surface area contributed by atoms with E-state index in [0.717, 1.165) is 15.0 Å². The third kappa shape index (κ3) is 4.32. The van der Waals surface area contributed by atoms with Gasteiger partial charge in [0, 0.05) is 14.8 Å². The van der Waals surface area contributed by atoms with E-state index in [2.05, 4.69) is 27.9 Å². The number of hydrogen-bond acceptors (Lipinski definition) is 2. The minimum atomic E-state index is -0.141. The Bertz CT molecular complexity index is 784. The number of nitrogens with one attached hydrogen (secondary N) is 1. The molecular formula is C19H14INO2. The molecule has 4 heteroatoms. The van der Waals surface area contributed by atoms with Crippen molar-refractivity contribution in [3.8, 4) is 11.5 Å². The molecule has 0 saturated carbocycles. The van der Waals surface area contributed by atoms with Crippen LogP contribution in [-0.4, -0.2) is 5.91 Å². The number of ether oxygens (including phenoxy) is 1. The van der Waals surface area contributed by atoms with Gasteiger partial charge in [-0.3, -0.25) is 4.79 Å². The summed E-state index contributed by atoms with van der Waals surface area (Å²) >= 11 is 2.23. The summed E-state index contributed by atoms with van der Waals surface area (Å²) in [6.07, 6.45) is 0. The molecule has 3 aromatic rings. The monoisotopic (exact) mass is 415 g/mol. The fraction of sp³-hybridized carbons (Fsp3) is 0. The van der Waals surface area contributed by atoms with Gasteiger partial charge in [-0.1, -0.05) is 18.2 Å². The van der Waals surface area contributed by atoms with Crippen LogP contribution in [0.3, 0.4) is 0 Å². The van der Waals surface area contributed by atoms with E-state index in [1.165, 1.54) is 0 Å². The molecule has 0 fully saturated rings. The van der Waals surface area contributed by atoms with Crippen molar-refractivity contribution in [2.24, 2.45) is 0 Å². The fourth-order valence-corrected chi connectivity index (χ4v) is 2.40. The Morgan fingerprint density at radius 2 is 1.39 bits per heavy atom. The molecule has 0 aliphatic rings. The van der Waals surface area contributed by atoms with Crippen molar-refractivity contribution in [2.75, 3.05) is 5.32 Å². The zero-order valence-electron chi connectivity index (χ0n) is 12.2. The Kier molecular flexibility index (Phi) is 4.92. The summed E-state index contributed by atoms with van der Waals surface area (Å²) in [6.45, 7) is 0. The standard InChI is InChI=1S/C19H14INO2/c20-15-8-10-16(11-9-15)21-19(22)14-6-12-18(13-7-14)23-17-4-2-1-3-5-17/h1-13H,(H,21,22). The van der Waals surface area contributed by atoms with Crippen molar-refractivity contribution in [1.29, 1.82) is 0 Å². The van der Waals surface area contributed by atoms with E-state index in [-0.39, 0.29) is 5.91 Å². The van der Waals surface area contributed by atoms with E-state index in [0.29, 0.717) is 11.3 Å². The number of anilines is 1. The molecule has 0 spiro atoms. The smallest absolute Gasteiger partial charge is 0.255 e. The van der Waals surface area contributed by atoms with Crippen molar-refractivity contribution in [1.82, 2.24) is 0 Å². The lowest BCUT2D eigenvalue weighted by Gasteiger charge is -2.08. The van der Waals surface area contributed by atoms with Gasteiger partial charge in [-0.15, -0.1) is 0 Å². The molecule has 3 nitrogen and oxygen atoms in total. The normalized spacial score (nSPS) is 10.1. The number of carbonyl (C=O) groups is 1. The van der Waals surface area contributed by atoms with Crippen molar-refractivity contribution >= 4 is 34.2 Å². The van der Waals surface area contributed by atoms with Gasteiger partial charge in [0.25, 0.3) is 5.91 Å². The molecule has 3 rings (SSSR count). The van der Waals surface area contributed by atoms with Gasteiger partial charge in [0.15, 0.2) is 0 Å². The Labute approximate surface area is 148 Å². The molecule has 0 radical (unpaired) electrons. The van der Waals surface area contributed by atoms with E-state index in [1.54, 1.807) is 24.3 Å². The number of halogens is 1. The topological polar surface area (TPSA) is 38.3 Å². The van der Waals surface area contributed by atoms with Crippen LogP contribution in [0.1, 0.15) is 10.4 Å². The average Bonchev–Trinajstić information content (AvgIpc) is 2.58. The highest BCUT2D eigenvalue weighted by Gasteiger charge is 2.06. The molecular weight excluding hydrogens is 401 g/mol. The zero-order valence-corrected chi connectivity index (χ0v) is 14.4. The molecule has 23 heavy (non-hydrogen) atoms. The van der Waals surface area contributed by atoms with Gasteiger partial charge in [0.05, 0.1) is 0 Å². The minimum absolute atomic E-state index is 0.141. The second kappa shape index (κ2) is 7.28. The second-order valence-corrected chi connectivity index (χ2v) is 6.15. The number of benzene rings is 3. The molecule has 1 amide bonds. The SMILES string of the molecule is O=C(Nc1ccc(I)cc1)c1ccc(Oc2ccccc2)cc1. The van der Waals surface area contributed by atoms with Gasteiger partial charge in [0.2, 0.25) is 0 Å². The van der Waals surface area contributed by atoms with E-state index < -0.39 is 0 Å². The van der Waals surface area contributed by atoms with Crippen LogP contribution in [-0.2, 0) is 0 Å². The summed E-state index contributed by atoms with van der Waals surface area (Å²) in [6, 6.07) is 24.3. The lowest BCUT2D eigenvalue weighted by Crippen LogP contribution is -2.11. The third-order valence-corrected chi connectivity index (χ3v) is 3.92. The van der Waals surface area contributed by atoms with E-state index in [4.69, 9.17) is 4.74 Å². The van der Waals surface area contributed by atoms with Gasteiger partial charge in [-0.05, 0) is 83.3 Å². The maximum atomic E-state index is 12.2. The molecule has 0 aliphatic heterocycles. The molecule has 0 unspecified atom stereocenters. The summed E-state index contributed by atoms with van der Waals surface area (Å²) in [5.74, 6) is 1.32. The zero-order chi connectivity index (χ0) is 16.1. The van der Waals surface area contributed by atoms with Crippen LogP contribution in [0.25, 0.3) is 0 Å². The van der Waals surface area contributed by atoms with Crippen LogP contribution in [0.5, 0.6) is 11.5 Å². The number of para-hydroxylation sites is 1. The van der Waals surface area contributed by atoms with Gasteiger partial charge >= 0.3 is 0 Å². The molecule has 0 bridgehead atoms. The largest absolute Gasteiger partial charge is 0.457 e. The molecule has 1 N–H and O–H groups in total. The summed E-state index contributed by atoms with van der Waals surface area (Å²) in [5.41, 5.74) is 1.36. The second-order valence-electron chi connectivity index (χ2n) is 4.90. The first-order chi connectivity index (χ1) is 11.2. The van der Waals surface area contributed by atoms with Crippen molar-refractivity contribution < 1.29 is 9.53 Å². The quantitative estimate of drug-likeness (QED) is 0.585. The predicted octanol–water partition coefficient (Wildman–Crippen LogP) is 5.34. The van der Waals surface area contributed by atoms with Crippen LogP contribution in [0.2, 0.25) is 0 Å². The molecule has 0 aliphatic carbocycles. The van der Waals surface area contributed by atoms with Crippen LogP contribution < -0.4 is 10.1 Å². The summed E-state index contributed by atoms with van der Waals surface area (Å²) < 4.78 is 6.84. The Balaban J connectivity index is 1.66. The highest BCUT2D eigenvalue weighted by molar-refractivity contribution is 14.1.